The van der Waals surface area contributed by atoms with Gasteiger partial charge in [-0.1, -0.05) is 86.1 Å². The summed E-state index contributed by atoms with van der Waals surface area (Å²) in [7, 11) is 0. The second-order valence-corrected chi connectivity index (χ2v) is 11.0. The molecule has 0 aliphatic carbocycles. The zero-order valence-corrected chi connectivity index (χ0v) is 23.0. The van der Waals surface area contributed by atoms with Crippen molar-refractivity contribution in [2.24, 2.45) is 11.8 Å². The molecule has 1 amide bonds. The van der Waals surface area contributed by atoms with Crippen LogP contribution >= 0.6 is 11.6 Å². The van der Waals surface area contributed by atoms with E-state index in [0.717, 1.165) is 28.1 Å². The summed E-state index contributed by atoms with van der Waals surface area (Å²) in [5.41, 5.74) is 3.36. The van der Waals surface area contributed by atoms with E-state index in [1.807, 2.05) is 85.5 Å². The lowest BCUT2D eigenvalue weighted by atomic mass is 9.76. The van der Waals surface area contributed by atoms with Crippen LogP contribution in [0, 0.1) is 11.8 Å². The maximum Gasteiger partial charge on any atom is 0.261 e. The molecule has 0 N–H and O–H groups in total. The topological polar surface area (TPSA) is 38.8 Å². The van der Waals surface area contributed by atoms with Crippen molar-refractivity contribution in [2.75, 3.05) is 13.2 Å². The summed E-state index contributed by atoms with van der Waals surface area (Å²) in [5.74, 6) is 1.73. The smallest absolute Gasteiger partial charge is 0.261 e. The molecule has 3 aromatic rings. The Morgan fingerprint density at radius 1 is 1.00 bits per heavy atom. The highest BCUT2D eigenvalue weighted by atomic mass is 35.5. The number of nitrogens with zero attached hydrogens (tertiary/aromatic N) is 1. The van der Waals surface area contributed by atoms with Gasteiger partial charge in [0.2, 0.25) is 0 Å². The summed E-state index contributed by atoms with van der Waals surface area (Å²) in [6, 6.07) is 26.2. The van der Waals surface area contributed by atoms with Crippen molar-refractivity contribution in [3.63, 3.8) is 0 Å². The first kappa shape index (κ1) is 27.2. The number of amides is 1. The van der Waals surface area contributed by atoms with Crippen LogP contribution in [0.4, 0.5) is 0 Å². The van der Waals surface area contributed by atoms with E-state index in [2.05, 4.69) is 26.0 Å². The maximum absolute atomic E-state index is 13.1. The van der Waals surface area contributed by atoms with Crippen LogP contribution in [0.2, 0.25) is 5.02 Å². The normalized spacial score (nSPS) is 19.7. The van der Waals surface area contributed by atoms with Crippen molar-refractivity contribution >= 4 is 17.5 Å². The van der Waals surface area contributed by atoms with Gasteiger partial charge >= 0.3 is 0 Å². The number of carbonyl (C=O) groups is 1. The molecule has 3 aromatic carbocycles. The molecule has 0 aromatic heterocycles. The Hall–Kier alpha value is -2.82. The zero-order chi connectivity index (χ0) is 26.4. The molecule has 0 radical (unpaired) electrons. The van der Waals surface area contributed by atoms with E-state index < -0.39 is 0 Å². The van der Waals surface area contributed by atoms with E-state index in [1.165, 1.54) is 0 Å². The van der Waals surface area contributed by atoms with Crippen molar-refractivity contribution < 1.29 is 14.3 Å². The van der Waals surface area contributed by atoms with Crippen molar-refractivity contribution in [3.05, 3.63) is 101 Å². The molecular weight excluding hydrogens is 482 g/mol. The highest BCUT2D eigenvalue weighted by molar-refractivity contribution is 6.31. The minimum absolute atomic E-state index is 0.00216. The SMILES string of the molecule is CC(C)[C@@H]1C[C@H](c2ccccc2Cl)CO[C@H]1c1cccc(OCC(=O)N(Cc2ccccc2)C(C)C)c1. The molecule has 1 saturated heterocycles. The fraction of sp³-hybridized carbons (Fsp3) is 0.406. The summed E-state index contributed by atoms with van der Waals surface area (Å²) >= 11 is 6.50. The van der Waals surface area contributed by atoms with Gasteiger partial charge in [-0.3, -0.25) is 4.79 Å². The second-order valence-electron chi connectivity index (χ2n) is 10.6. The van der Waals surface area contributed by atoms with E-state index in [9.17, 15) is 4.79 Å². The van der Waals surface area contributed by atoms with Gasteiger partial charge in [0.25, 0.3) is 5.91 Å². The summed E-state index contributed by atoms with van der Waals surface area (Å²) in [6.07, 6.45) is 0.988. The molecule has 1 aliphatic heterocycles. The largest absolute Gasteiger partial charge is 0.484 e. The Balaban J connectivity index is 1.43. The van der Waals surface area contributed by atoms with E-state index >= 15 is 0 Å². The lowest BCUT2D eigenvalue weighted by molar-refractivity contribution is -0.135. The molecule has 0 saturated carbocycles. The number of carbonyl (C=O) groups excluding carboxylic acids is 1. The molecule has 1 aliphatic rings. The third-order valence-electron chi connectivity index (χ3n) is 7.31. The highest BCUT2D eigenvalue weighted by Crippen LogP contribution is 2.45. The van der Waals surface area contributed by atoms with Crippen LogP contribution in [0.15, 0.2) is 78.9 Å². The van der Waals surface area contributed by atoms with Crippen LogP contribution in [-0.4, -0.2) is 30.1 Å². The first-order valence-corrected chi connectivity index (χ1v) is 13.6. The molecule has 37 heavy (non-hydrogen) atoms. The predicted octanol–water partition coefficient (Wildman–Crippen LogP) is 7.67. The quantitative estimate of drug-likeness (QED) is 0.291. The van der Waals surface area contributed by atoms with Crippen LogP contribution < -0.4 is 4.74 Å². The summed E-state index contributed by atoms with van der Waals surface area (Å²) in [6.45, 7) is 9.77. The number of benzene rings is 3. The molecule has 5 heteroatoms. The second kappa shape index (κ2) is 12.6. The van der Waals surface area contributed by atoms with Crippen LogP contribution in [-0.2, 0) is 16.1 Å². The molecule has 0 spiro atoms. The number of rotatable bonds is 9. The molecular formula is C32H38ClNO3. The zero-order valence-electron chi connectivity index (χ0n) is 22.3. The van der Waals surface area contributed by atoms with Crippen molar-refractivity contribution in [2.45, 2.75) is 58.7 Å². The Morgan fingerprint density at radius 3 is 2.43 bits per heavy atom. The Labute approximate surface area is 226 Å². The molecule has 1 heterocycles. The van der Waals surface area contributed by atoms with Crippen LogP contribution in [0.1, 0.15) is 62.8 Å². The van der Waals surface area contributed by atoms with Gasteiger partial charge in [0, 0.05) is 23.5 Å². The van der Waals surface area contributed by atoms with E-state index in [0.29, 0.717) is 30.7 Å². The van der Waals surface area contributed by atoms with E-state index in [-0.39, 0.29) is 30.6 Å². The number of hydrogen-bond acceptors (Lipinski definition) is 3. The van der Waals surface area contributed by atoms with Gasteiger partial charge in [-0.25, -0.2) is 0 Å². The van der Waals surface area contributed by atoms with E-state index in [4.69, 9.17) is 21.1 Å². The van der Waals surface area contributed by atoms with Gasteiger partial charge in [-0.2, -0.15) is 0 Å². The van der Waals surface area contributed by atoms with E-state index in [1.54, 1.807) is 0 Å². The third-order valence-corrected chi connectivity index (χ3v) is 7.66. The van der Waals surface area contributed by atoms with Gasteiger partial charge in [-0.05, 0) is 67.0 Å². The Morgan fingerprint density at radius 2 is 1.73 bits per heavy atom. The average Bonchev–Trinajstić information content (AvgIpc) is 2.91. The molecule has 1 fully saturated rings. The molecule has 3 atom stereocenters. The lowest BCUT2D eigenvalue weighted by Crippen LogP contribution is -2.39. The summed E-state index contributed by atoms with van der Waals surface area (Å²) in [5, 5.41) is 0.805. The molecule has 196 valence electrons. The van der Waals surface area contributed by atoms with Crippen LogP contribution in [0.25, 0.3) is 0 Å². The Kier molecular flexibility index (Phi) is 9.28. The maximum atomic E-state index is 13.1. The minimum Gasteiger partial charge on any atom is -0.484 e. The van der Waals surface area contributed by atoms with Crippen LogP contribution in [0.5, 0.6) is 5.75 Å². The summed E-state index contributed by atoms with van der Waals surface area (Å²) in [4.78, 5) is 14.9. The monoisotopic (exact) mass is 519 g/mol. The fourth-order valence-electron chi connectivity index (χ4n) is 5.20. The number of halogens is 1. The molecule has 4 nitrogen and oxygen atoms in total. The third kappa shape index (κ3) is 6.94. The number of hydrogen-bond donors (Lipinski definition) is 0. The molecule has 4 rings (SSSR count). The minimum atomic E-state index is -0.0270. The average molecular weight is 520 g/mol. The lowest BCUT2D eigenvalue weighted by Gasteiger charge is -2.39. The fourth-order valence-corrected chi connectivity index (χ4v) is 5.49. The van der Waals surface area contributed by atoms with Gasteiger partial charge in [0.1, 0.15) is 5.75 Å². The molecule has 0 unspecified atom stereocenters. The number of ether oxygens (including phenoxy) is 2. The van der Waals surface area contributed by atoms with Gasteiger partial charge in [0.05, 0.1) is 12.7 Å². The van der Waals surface area contributed by atoms with Crippen molar-refractivity contribution in [1.82, 2.24) is 4.90 Å². The first-order valence-electron chi connectivity index (χ1n) is 13.3. The van der Waals surface area contributed by atoms with Crippen molar-refractivity contribution in [3.8, 4) is 5.75 Å². The standard InChI is InChI=1S/C32H38ClNO3/c1-22(2)29-18-26(28-15-8-9-16-30(28)33)20-37-32(29)25-13-10-14-27(17-25)36-21-31(35)34(23(3)4)19-24-11-6-5-7-12-24/h5-17,22-23,26,29,32H,18-21H2,1-4H3/t26-,29-,32-/m0/s1. The van der Waals surface area contributed by atoms with Crippen molar-refractivity contribution in [1.29, 1.82) is 0 Å². The van der Waals surface area contributed by atoms with Gasteiger partial charge in [-0.15, -0.1) is 0 Å². The van der Waals surface area contributed by atoms with Gasteiger partial charge in [0.15, 0.2) is 6.61 Å². The predicted molar refractivity (Wildman–Crippen MR) is 150 cm³/mol. The molecule has 0 bridgehead atoms. The highest BCUT2D eigenvalue weighted by Gasteiger charge is 2.35. The Bertz CT molecular complexity index is 1160. The summed E-state index contributed by atoms with van der Waals surface area (Å²) < 4.78 is 12.5. The first-order chi connectivity index (χ1) is 17.8. The van der Waals surface area contributed by atoms with Gasteiger partial charge < -0.3 is 14.4 Å². The van der Waals surface area contributed by atoms with Crippen LogP contribution in [0.3, 0.4) is 0 Å².